The van der Waals surface area contributed by atoms with Crippen molar-refractivity contribution in [2.75, 3.05) is 13.1 Å². The van der Waals surface area contributed by atoms with Gasteiger partial charge in [-0.15, -0.1) is 0 Å². The van der Waals surface area contributed by atoms with Gasteiger partial charge < -0.3 is 20.5 Å². The molecule has 1 saturated heterocycles. The Hall–Kier alpha value is -1.66. The Balaban J connectivity index is 1.52. The number of aliphatic hydroxyl groups excluding tert-OH is 1. The summed E-state index contributed by atoms with van der Waals surface area (Å²) in [7, 11) is 0. The summed E-state index contributed by atoms with van der Waals surface area (Å²) in [5.74, 6) is -0.194. The maximum Gasteiger partial charge on any atom is 0.407 e. The van der Waals surface area contributed by atoms with Crippen molar-refractivity contribution in [2.24, 2.45) is 0 Å². The summed E-state index contributed by atoms with van der Waals surface area (Å²) in [6.45, 7) is 1.73. The van der Waals surface area contributed by atoms with E-state index in [-0.39, 0.29) is 17.8 Å². The van der Waals surface area contributed by atoms with Crippen LogP contribution in [0.25, 0.3) is 0 Å². The SMILES string of the molecule is O=C(NC1CCCNC1)OC1CC(c2ccc(F)cc2)CC1O. The number of nitrogens with one attached hydrogen (secondary N) is 2. The number of aliphatic hydroxyl groups is 1. The van der Waals surface area contributed by atoms with Crippen LogP contribution in [-0.4, -0.2) is 42.5 Å². The molecule has 1 aliphatic heterocycles. The van der Waals surface area contributed by atoms with E-state index in [4.69, 9.17) is 4.74 Å². The minimum atomic E-state index is -0.680. The Bertz CT molecular complexity index is 531. The van der Waals surface area contributed by atoms with Crippen LogP contribution in [0.4, 0.5) is 9.18 Å². The summed E-state index contributed by atoms with van der Waals surface area (Å²) in [6.07, 6.45) is 1.39. The third kappa shape index (κ3) is 4.20. The van der Waals surface area contributed by atoms with Crippen LogP contribution in [0, 0.1) is 5.82 Å². The van der Waals surface area contributed by atoms with Crippen molar-refractivity contribution in [2.45, 2.75) is 49.9 Å². The van der Waals surface area contributed by atoms with Gasteiger partial charge in [-0.25, -0.2) is 9.18 Å². The molecular formula is C17H23FN2O3. The van der Waals surface area contributed by atoms with Crippen LogP contribution >= 0.6 is 0 Å². The van der Waals surface area contributed by atoms with E-state index < -0.39 is 18.3 Å². The number of carbonyl (C=O) groups is 1. The normalized spacial score (nSPS) is 30.9. The summed E-state index contributed by atoms with van der Waals surface area (Å²) in [6, 6.07) is 6.37. The molecule has 5 nitrogen and oxygen atoms in total. The molecule has 2 aliphatic rings. The van der Waals surface area contributed by atoms with Crippen molar-refractivity contribution in [3.8, 4) is 0 Å². The summed E-state index contributed by atoms with van der Waals surface area (Å²) >= 11 is 0. The maximum absolute atomic E-state index is 13.0. The summed E-state index contributed by atoms with van der Waals surface area (Å²) in [5, 5.41) is 16.2. The molecule has 0 radical (unpaired) electrons. The first-order chi connectivity index (χ1) is 11.1. The molecular weight excluding hydrogens is 299 g/mol. The van der Waals surface area contributed by atoms with E-state index in [1.54, 1.807) is 12.1 Å². The van der Waals surface area contributed by atoms with E-state index >= 15 is 0 Å². The molecule has 0 aromatic heterocycles. The zero-order valence-corrected chi connectivity index (χ0v) is 13.0. The van der Waals surface area contributed by atoms with E-state index in [1.807, 2.05) is 0 Å². The highest BCUT2D eigenvalue weighted by molar-refractivity contribution is 5.68. The largest absolute Gasteiger partial charge is 0.443 e. The lowest BCUT2D eigenvalue weighted by molar-refractivity contribution is 0.0207. The van der Waals surface area contributed by atoms with Gasteiger partial charge in [0.05, 0.1) is 6.10 Å². The molecule has 1 saturated carbocycles. The second kappa shape index (κ2) is 7.27. The van der Waals surface area contributed by atoms with Crippen LogP contribution in [0.5, 0.6) is 0 Å². The fraction of sp³-hybridized carbons (Fsp3) is 0.588. The topological polar surface area (TPSA) is 70.6 Å². The molecule has 1 aliphatic carbocycles. The number of carbonyl (C=O) groups excluding carboxylic acids is 1. The van der Waals surface area contributed by atoms with Crippen LogP contribution in [0.3, 0.4) is 0 Å². The van der Waals surface area contributed by atoms with Gasteiger partial charge in [-0.2, -0.15) is 0 Å². The summed E-state index contributed by atoms with van der Waals surface area (Å²) in [4.78, 5) is 12.0. The monoisotopic (exact) mass is 322 g/mol. The lowest BCUT2D eigenvalue weighted by Gasteiger charge is -2.24. The van der Waals surface area contributed by atoms with Gasteiger partial charge in [-0.05, 0) is 55.8 Å². The molecule has 1 amide bonds. The zero-order valence-electron chi connectivity index (χ0n) is 13.0. The number of amides is 1. The van der Waals surface area contributed by atoms with E-state index in [2.05, 4.69) is 10.6 Å². The van der Waals surface area contributed by atoms with Crippen molar-refractivity contribution in [3.05, 3.63) is 35.6 Å². The molecule has 0 bridgehead atoms. The molecule has 4 unspecified atom stereocenters. The predicted octanol–water partition coefficient (Wildman–Crippen LogP) is 1.91. The number of benzene rings is 1. The Morgan fingerprint density at radius 2 is 2.09 bits per heavy atom. The lowest BCUT2D eigenvalue weighted by atomic mass is 9.97. The van der Waals surface area contributed by atoms with Crippen LogP contribution in [0.15, 0.2) is 24.3 Å². The zero-order chi connectivity index (χ0) is 16.2. The second-order valence-corrected chi connectivity index (χ2v) is 6.42. The van der Waals surface area contributed by atoms with Gasteiger partial charge >= 0.3 is 6.09 Å². The lowest BCUT2D eigenvalue weighted by Crippen LogP contribution is -2.46. The molecule has 1 heterocycles. The highest BCUT2D eigenvalue weighted by atomic mass is 19.1. The number of halogens is 1. The van der Waals surface area contributed by atoms with E-state index in [9.17, 15) is 14.3 Å². The maximum atomic E-state index is 13.0. The third-order valence-corrected chi connectivity index (χ3v) is 4.69. The van der Waals surface area contributed by atoms with Gasteiger partial charge in [0.25, 0.3) is 0 Å². The van der Waals surface area contributed by atoms with Crippen molar-refractivity contribution < 1.29 is 19.0 Å². The van der Waals surface area contributed by atoms with Crippen molar-refractivity contribution in [1.82, 2.24) is 10.6 Å². The number of hydrogen-bond acceptors (Lipinski definition) is 4. The van der Waals surface area contributed by atoms with Crippen LogP contribution in [-0.2, 0) is 4.74 Å². The molecule has 3 rings (SSSR count). The molecule has 2 fully saturated rings. The first kappa shape index (κ1) is 16.2. The van der Waals surface area contributed by atoms with E-state index in [0.717, 1.165) is 31.5 Å². The quantitative estimate of drug-likeness (QED) is 0.795. The molecule has 126 valence electrons. The number of ether oxygens (including phenoxy) is 1. The summed E-state index contributed by atoms with van der Waals surface area (Å²) in [5.41, 5.74) is 0.966. The smallest absolute Gasteiger partial charge is 0.407 e. The number of rotatable bonds is 3. The van der Waals surface area contributed by atoms with E-state index in [0.29, 0.717) is 12.8 Å². The van der Waals surface area contributed by atoms with Gasteiger partial charge in [-0.3, -0.25) is 0 Å². The average Bonchev–Trinajstić information content (AvgIpc) is 2.90. The molecule has 1 aromatic rings. The van der Waals surface area contributed by atoms with E-state index in [1.165, 1.54) is 12.1 Å². The van der Waals surface area contributed by atoms with Gasteiger partial charge in [0.15, 0.2) is 0 Å². The van der Waals surface area contributed by atoms with Gasteiger partial charge in [0.2, 0.25) is 0 Å². The van der Waals surface area contributed by atoms with Crippen molar-refractivity contribution in [3.63, 3.8) is 0 Å². The first-order valence-corrected chi connectivity index (χ1v) is 8.23. The predicted molar refractivity (Wildman–Crippen MR) is 83.7 cm³/mol. The Labute approximate surface area is 135 Å². The molecule has 0 spiro atoms. The van der Waals surface area contributed by atoms with Crippen LogP contribution in [0.1, 0.15) is 37.2 Å². The number of alkyl carbamates (subject to hydrolysis) is 1. The van der Waals surface area contributed by atoms with Crippen molar-refractivity contribution in [1.29, 1.82) is 0 Å². The standard InChI is InChI=1S/C17H23FN2O3/c18-13-5-3-11(4-6-13)12-8-15(21)16(9-12)23-17(22)20-14-2-1-7-19-10-14/h3-6,12,14-16,19,21H,1-2,7-10H2,(H,20,22). The second-order valence-electron chi connectivity index (χ2n) is 6.42. The Morgan fingerprint density at radius 1 is 1.30 bits per heavy atom. The molecule has 6 heteroatoms. The van der Waals surface area contributed by atoms with Gasteiger partial charge in [0, 0.05) is 12.6 Å². The highest BCUT2D eigenvalue weighted by Gasteiger charge is 2.36. The Kier molecular flexibility index (Phi) is 5.13. The van der Waals surface area contributed by atoms with Crippen molar-refractivity contribution >= 4 is 6.09 Å². The molecule has 3 N–H and O–H groups in total. The number of piperidine rings is 1. The highest BCUT2D eigenvalue weighted by Crippen LogP contribution is 2.36. The molecule has 23 heavy (non-hydrogen) atoms. The first-order valence-electron chi connectivity index (χ1n) is 8.23. The fourth-order valence-corrected chi connectivity index (χ4v) is 3.42. The minimum absolute atomic E-state index is 0.0831. The fourth-order valence-electron chi connectivity index (χ4n) is 3.42. The van der Waals surface area contributed by atoms with Gasteiger partial charge in [-0.1, -0.05) is 12.1 Å². The van der Waals surface area contributed by atoms with Crippen LogP contribution < -0.4 is 10.6 Å². The molecule has 1 aromatic carbocycles. The number of hydrogen-bond donors (Lipinski definition) is 3. The van der Waals surface area contributed by atoms with Gasteiger partial charge in [0.1, 0.15) is 11.9 Å². The Morgan fingerprint density at radius 3 is 2.78 bits per heavy atom. The summed E-state index contributed by atoms with van der Waals surface area (Å²) < 4.78 is 18.4. The minimum Gasteiger partial charge on any atom is -0.443 e. The average molecular weight is 322 g/mol. The molecule has 4 atom stereocenters. The van der Waals surface area contributed by atoms with Crippen LogP contribution in [0.2, 0.25) is 0 Å². The third-order valence-electron chi connectivity index (χ3n) is 4.69.